The van der Waals surface area contributed by atoms with Gasteiger partial charge in [-0.25, -0.2) is 0 Å². The van der Waals surface area contributed by atoms with Gasteiger partial charge in [-0.2, -0.15) is 13.2 Å². The molecule has 2 aliphatic rings. The fourth-order valence-electron chi connectivity index (χ4n) is 3.18. The zero-order valence-corrected chi connectivity index (χ0v) is 12.5. The summed E-state index contributed by atoms with van der Waals surface area (Å²) in [4.78, 5) is 23.8. The number of hydrogen-bond acceptors (Lipinski definition) is 3. The Labute approximate surface area is 135 Å². The van der Waals surface area contributed by atoms with Crippen molar-refractivity contribution in [1.82, 2.24) is 4.90 Å². The SMILES string of the molecule is O=C1C=CC2(C=C1)CCN(C(=O)C(F)(F)F)Cc1cc(O)ccc12. The van der Waals surface area contributed by atoms with Crippen molar-refractivity contribution in [1.29, 1.82) is 0 Å². The molecular formula is C17H14F3NO3. The Hall–Kier alpha value is -2.57. The standard InChI is InChI=1S/C17H14F3NO3/c18-17(19,20)15(24)21-8-7-16(5-3-12(22)4-6-16)14-2-1-13(23)9-11(14)10-21/h1-6,9,23H,7-8,10H2. The quantitative estimate of drug-likeness (QED) is 0.792. The second kappa shape index (κ2) is 5.51. The molecule has 1 heterocycles. The maximum Gasteiger partial charge on any atom is 0.471 e. The topological polar surface area (TPSA) is 57.6 Å². The second-order valence-electron chi connectivity index (χ2n) is 5.93. The number of carbonyl (C=O) groups is 2. The third-order valence-electron chi connectivity index (χ3n) is 4.37. The van der Waals surface area contributed by atoms with Gasteiger partial charge in [-0.3, -0.25) is 9.59 Å². The fourth-order valence-corrected chi connectivity index (χ4v) is 3.18. The van der Waals surface area contributed by atoms with E-state index in [0.29, 0.717) is 11.1 Å². The van der Waals surface area contributed by atoms with Crippen LogP contribution in [0, 0.1) is 0 Å². The lowest BCUT2D eigenvalue weighted by atomic mass is 9.73. The van der Waals surface area contributed by atoms with Crippen molar-refractivity contribution in [2.24, 2.45) is 0 Å². The number of aromatic hydroxyl groups is 1. The summed E-state index contributed by atoms with van der Waals surface area (Å²) in [7, 11) is 0. The Morgan fingerprint density at radius 3 is 2.50 bits per heavy atom. The van der Waals surface area contributed by atoms with Crippen molar-refractivity contribution in [3.8, 4) is 5.75 Å². The van der Waals surface area contributed by atoms with Gasteiger partial charge in [-0.15, -0.1) is 0 Å². The number of fused-ring (bicyclic) bond motifs is 2. The van der Waals surface area contributed by atoms with Crippen LogP contribution in [0.1, 0.15) is 17.5 Å². The molecule has 0 aromatic heterocycles. The van der Waals surface area contributed by atoms with Gasteiger partial charge in [-0.05, 0) is 41.8 Å². The molecule has 0 bridgehead atoms. The molecule has 1 aliphatic heterocycles. The first kappa shape index (κ1) is 16.3. The van der Waals surface area contributed by atoms with Gasteiger partial charge in [0.05, 0.1) is 0 Å². The Kier molecular flexibility index (Phi) is 3.74. The van der Waals surface area contributed by atoms with Gasteiger partial charge in [-0.1, -0.05) is 18.2 Å². The molecule has 126 valence electrons. The lowest BCUT2D eigenvalue weighted by molar-refractivity contribution is -0.186. The third-order valence-corrected chi connectivity index (χ3v) is 4.37. The van der Waals surface area contributed by atoms with Crippen LogP contribution in [-0.2, 0) is 21.5 Å². The van der Waals surface area contributed by atoms with Crippen LogP contribution < -0.4 is 0 Å². The number of phenols is 1. The zero-order valence-electron chi connectivity index (χ0n) is 12.5. The summed E-state index contributed by atoms with van der Waals surface area (Å²) in [5.41, 5.74) is 0.337. The van der Waals surface area contributed by atoms with Crippen LogP contribution in [0.25, 0.3) is 0 Å². The highest BCUT2D eigenvalue weighted by molar-refractivity contribution is 6.00. The van der Waals surface area contributed by atoms with E-state index in [-0.39, 0.29) is 31.0 Å². The Morgan fingerprint density at radius 1 is 1.21 bits per heavy atom. The Morgan fingerprint density at radius 2 is 1.88 bits per heavy atom. The molecule has 4 nitrogen and oxygen atoms in total. The molecule has 0 radical (unpaired) electrons. The van der Waals surface area contributed by atoms with E-state index >= 15 is 0 Å². The number of rotatable bonds is 0. The lowest BCUT2D eigenvalue weighted by Gasteiger charge is -2.29. The maximum atomic E-state index is 12.8. The van der Waals surface area contributed by atoms with Crippen molar-refractivity contribution in [3.63, 3.8) is 0 Å². The van der Waals surface area contributed by atoms with Crippen molar-refractivity contribution >= 4 is 11.7 Å². The predicted molar refractivity (Wildman–Crippen MR) is 79.2 cm³/mol. The number of ketones is 1. The Balaban J connectivity index is 2.07. The number of nitrogens with zero attached hydrogens (tertiary/aromatic N) is 1. The fraction of sp³-hybridized carbons (Fsp3) is 0.294. The zero-order chi connectivity index (χ0) is 17.5. The molecule has 1 N–H and O–H groups in total. The van der Waals surface area contributed by atoms with Gasteiger partial charge >= 0.3 is 12.1 Å². The van der Waals surface area contributed by atoms with Gasteiger partial charge < -0.3 is 10.0 Å². The molecule has 0 saturated heterocycles. The largest absolute Gasteiger partial charge is 0.508 e. The molecule has 7 heteroatoms. The van der Waals surface area contributed by atoms with E-state index in [0.717, 1.165) is 4.90 Å². The summed E-state index contributed by atoms with van der Waals surface area (Å²) in [6.45, 7) is -0.365. The number of amides is 1. The van der Waals surface area contributed by atoms with Crippen molar-refractivity contribution < 1.29 is 27.9 Å². The first-order valence-electron chi connectivity index (χ1n) is 7.32. The molecule has 0 atom stereocenters. The average Bonchev–Trinajstić information content (AvgIpc) is 2.66. The van der Waals surface area contributed by atoms with Gasteiger partial charge in [0.15, 0.2) is 5.78 Å². The second-order valence-corrected chi connectivity index (χ2v) is 5.93. The van der Waals surface area contributed by atoms with Crippen LogP contribution in [0.3, 0.4) is 0 Å². The molecule has 1 aromatic rings. The summed E-state index contributed by atoms with van der Waals surface area (Å²) in [6, 6.07) is 4.42. The Bertz CT molecular complexity index is 749. The van der Waals surface area contributed by atoms with E-state index in [1.165, 1.54) is 24.3 Å². The summed E-state index contributed by atoms with van der Waals surface area (Å²) in [5, 5.41) is 9.68. The number of phenolic OH excluding ortho intramolecular Hbond substituents is 1. The van der Waals surface area contributed by atoms with Crippen LogP contribution >= 0.6 is 0 Å². The van der Waals surface area contributed by atoms with E-state index in [2.05, 4.69) is 0 Å². The summed E-state index contributed by atoms with van der Waals surface area (Å²) < 4.78 is 38.4. The minimum Gasteiger partial charge on any atom is -0.508 e. The molecular weight excluding hydrogens is 323 g/mol. The van der Waals surface area contributed by atoms with E-state index in [1.807, 2.05) is 0 Å². The number of benzene rings is 1. The number of carbonyl (C=O) groups excluding carboxylic acids is 2. The van der Waals surface area contributed by atoms with E-state index in [1.54, 1.807) is 18.2 Å². The van der Waals surface area contributed by atoms with Crippen LogP contribution in [0.15, 0.2) is 42.5 Å². The smallest absolute Gasteiger partial charge is 0.471 e. The maximum absolute atomic E-state index is 12.8. The monoisotopic (exact) mass is 337 g/mol. The minimum absolute atomic E-state index is 0.0925. The highest BCUT2D eigenvalue weighted by atomic mass is 19.4. The number of allylic oxidation sites excluding steroid dienone is 4. The number of alkyl halides is 3. The molecule has 24 heavy (non-hydrogen) atoms. The summed E-state index contributed by atoms with van der Waals surface area (Å²) in [6.07, 6.45) is 1.30. The molecule has 1 aliphatic carbocycles. The molecule has 3 rings (SSSR count). The van der Waals surface area contributed by atoms with Gasteiger partial charge in [0.1, 0.15) is 5.75 Å². The molecule has 1 spiro atoms. The minimum atomic E-state index is -4.96. The first-order valence-corrected chi connectivity index (χ1v) is 7.32. The summed E-state index contributed by atoms with van der Waals surface area (Å²) in [5.74, 6) is -2.20. The van der Waals surface area contributed by atoms with Crippen LogP contribution in [0.2, 0.25) is 0 Å². The van der Waals surface area contributed by atoms with Gasteiger partial charge in [0, 0.05) is 18.5 Å². The van der Waals surface area contributed by atoms with Crippen molar-refractivity contribution in [3.05, 3.63) is 53.6 Å². The van der Waals surface area contributed by atoms with E-state index in [4.69, 9.17) is 0 Å². The van der Waals surface area contributed by atoms with Crippen LogP contribution in [0.4, 0.5) is 13.2 Å². The number of hydrogen-bond donors (Lipinski definition) is 1. The lowest BCUT2D eigenvalue weighted by Crippen LogP contribution is -2.41. The highest BCUT2D eigenvalue weighted by Gasteiger charge is 2.45. The normalized spacial score (nSPS) is 19.3. The first-order chi connectivity index (χ1) is 11.2. The molecule has 0 saturated carbocycles. The van der Waals surface area contributed by atoms with Gasteiger partial charge in [0.2, 0.25) is 0 Å². The van der Waals surface area contributed by atoms with Crippen molar-refractivity contribution in [2.75, 3.05) is 6.54 Å². The number of halogens is 3. The average molecular weight is 337 g/mol. The molecule has 0 fully saturated rings. The van der Waals surface area contributed by atoms with Crippen LogP contribution in [0.5, 0.6) is 5.75 Å². The molecule has 1 aromatic carbocycles. The van der Waals surface area contributed by atoms with Gasteiger partial charge in [0.25, 0.3) is 0 Å². The third kappa shape index (κ3) is 2.81. The summed E-state index contributed by atoms with van der Waals surface area (Å²) >= 11 is 0. The van der Waals surface area contributed by atoms with E-state index < -0.39 is 17.5 Å². The van der Waals surface area contributed by atoms with Crippen molar-refractivity contribution in [2.45, 2.75) is 24.6 Å². The highest BCUT2D eigenvalue weighted by Crippen LogP contribution is 2.40. The van der Waals surface area contributed by atoms with E-state index in [9.17, 15) is 27.9 Å². The van der Waals surface area contributed by atoms with Crippen LogP contribution in [-0.4, -0.2) is 34.4 Å². The molecule has 1 amide bonds. The predicted octanol–water partition coefficient (Wildman–Crippen LogP) is 2.62. The molecule has 0 unspecified atom stereocenters.